The van der Waals surface area contributed by atoms with Crippen LogP contribution in [0, 0.1) is 0 Å². The summed E-state index contributed by atoms with van der Waals surface area (Å²) < 4.78 is 5.43. The van der Waals surface area contributed by atoms with Gasteiger partial charge in [-0.3, -0.25) is 4.79 Å². The molecular weight excluding hydrogens is 178 g/mol. The van der Waals surface area contributed by atoms with E-state index in [1.54, 1.807) is 0 Å². The van der Waals surface area contributed by atoms with Gasteiger partial charge in [-0.05, 0) is 25.0 Å². The number of hydrogen-bond donors (Lipinski definition) is 1. The molecule has 1 aliphatic heterocycles. The van der Waals surface area contributed by atoms with Crippen molar-refractivity contribution in [1.82, 2.24) is 0 Å². The van der Waals surface area contributed by atoms with Crippen LogP contribution in [0.15, 0.2) is 35.1 Å². The number of carbonyl (C=O) groups excluding carboxylic acids is 1. The van der Waals surface area contributed by atoms with Gasteiger partial charge in [0, 0.05) is 6.42 Å². The van der Waals surface area contributed by atoms with Crippen LogP contribution in [-0.4, -0.2) is 12.0 Å². The maximum absolute atomic E-state index is 10.9. The van der Waals surface area contributed by atoms with E-state index in [9.17, 15) is 4.79 Å². The van der Waals surface area contributed by atoms with Crippen molar-refractivity contribution < 1.29 is 9.53 Å². The van der Waals surface area contributed by atoms with Gasteiger partial charge in [-0.15, -0.1) is 0 Å². The molecule has 1 atom stereocenters. The number of nitrogens with two attached hydrogens (primary N) is 1. The van der Waals surface area contributed by atoms with E-state index < -0.39 is 6.10 Å². The van der Waals surface area contributed by atoms with Gasteiger partial charge in [-0.25, -0.2) is 0 Å². The zero-order valence-electron chi connectivity index (χ0n) is 8.12. The molecule has 14 heavy (non-hydrogen) atoms. The minimum Gasteiger partial charge on any atom is -0.480 e. The number of rotatable bonds is 1. The van der Waals surface area contributed by atoms with Gasteiger partial charge in [0.05, 0.1) is 0 Å². The number of fused-ring (bicyclic) bond motifs is 1. The molecule has 0 spiro atoms. The third kappa shape index (κ3) is 1.58. The average molecular weight is 191 g/mol. The summed E-state index contributed by atoms with van der Waals surface area (Å²) in [4.78, 5) is 10.9. The highest BCUT2D eigenvalue weighted by molar-refractivity contribution is 5.80. The molecule has 1 heterocycles. The van der Waals surface area contributed by atoms with Crippen LogP contribution in [0.4, 0.5) is 0 Å². The van der Waals surface area contributed by atoms with Gasteiger partial charge >= 0.3 is 0 Å². The molecule has 2 N–H and O–H groups in total. The van der Waals surface area contributed by atoms with E-state index in [-0.39, 0.29) is 5.91 Å². The van der Waals surface area contributed by atoms with Crippen molar-refractivity contribution in [2.45, 2.75) is 25.9 Å². The lowest BCUT2D eigenvalue weighted by atomic mass is 10.1. The predicted octanol–water partition coefficient (Wildman–Crippen LogP) is 1.42. The molecule has 1 unspecified atom stereocenters. The highest BCUT2D eigenvalue weighted by Gasteiger charge is 2.29. The van der Waals surface area contributed by atoms with Gasteiger partial charge in [0.15, 0.2) is 6.10 Å². The van der Waals surface area contributed by atoms with Gasteiger partial charge in [0.2, 0.25) is 0 Å². The Balaban J connectivity index is 2.24. The zero-order valence-corrected chi connectivity index (χ0v) is 8.12. The van der Waals surface area contributed by atoms with Crippen LogP contribution in [0.2, 0.25) is 0 Å². The topological polar surface area (TPSA) is 52.3 Å². The summed E-state index contributed by atoms with van der Waals surface area (Å²) in [6, 6.07) is 0. The minimum atomic E-state index is -0.473. The van der Waals surface area contributed by atoms with Crippen LogP contribution in [0.25, 0.3) is 0 Å². The molecule has 3 nitrogen and oxygen atoms in total. The van der Waals surface area contributed by atoms with E-state index in [1.807, 2.05) is 12.2 Å². The molecule has 0 aromatic heterocycles. The van der Waals surface area contributed by atoms with E-state index in [0.29, 0.717) is 6.42 Å². The highest BCUT2D eigenvalue weighted by atomic mass is 16.5. The van der Waals surface area contributed by atoms with Crippen molar-refractivity contribution in [1.29, 1.82) is 0 Å². The summed E-state index contributed by atoms with van der Waals surface area (Å²) in [5, 5.41) is 0. The normalized spacial score (nSPS) is 25.2. The molecule has 0 radical (unpaired) electrons. The molecule has 1 saturated heterocycles. The van der Waals surface area contributed by atoms with Crippen LogP contribution >= 0.6 is 0 Å². The van der Waals surface area contributed by atoms with Crippen LogP contribution in [0.1, 0.15) is 19.8 Å². The van der Waals surface area contributed by atoms with Crippen molar-refractivity contribution >= 4 is 5.91 Å². The lowest BCUT2D eigenvalue weighted by Crippen LogP contribution is -2.27. The Morgan fingerprint density at radius 3 is 3.07 bits per heavy atom. The Hall–Kier alpha value is -1.51. The first-order valence-corrected chi connectivity index (χ1v) is 4.69. The number of hydrogen-bond acceptors (Lipinski definition) is 2. The molecule has 2 aliphatic rings. The molecule has 1 fully saturated rings. The first kappa shape index (κ1) is 9.06. The standard InChI is InChI=1S/C11H13NO2/c1-7-2-4-8-6-10(11(12)13)14-9(8)5-3-7/h3-5,10H,2,6H2,1H3,(H2,12,13). The van der Waals surface area contributed by atoms with Gasteiger partial charge in [-0.2, -0.15) is 0 Å². The van der Waals surface area contributed by atoms with Crippen molar-refractivity contribution in [2.24, 2.45) is 5.73 Å². The number of allylic oxidation sites excluding steroid dienone is 5. The minimum absolute atomic E-state index is 0.388. The molecule has 0 aromatic carbocycles. The van der Waals surface area contributed by atoms with Crippen LogP contribution in [-0.2, 0) is 9.53 Å². The summed E-state index contributed by atoms with van der Waals surface area (Å²) in [6.45, 7) is 2.07. The fraction of sp³-hybridized carbons (Fsp3) is 0.364. The van der Waals surface area contributed by atoms with E-state index in [0.717, 1.165) is 17.8 Å². The summed E-state index contributed by atoms with van der Waals surface area (Å²) in [5.74, 6) is 0.409. The Morgan fingerprint density at radius 1 is 1.57 bits per heavy atom. The second-order valence-corrected chi connectivity index (χ2v) is 3.69. The summed E-state index contributed by atoms with van der Waals surface area (Å²) in [5.41, 5.74) is 7.57. The van der Waals surface area contributed by atoms with Crippen LogP contribution < -0.4 is 5.73 Å². The second kappa shape index (κ2) is 3.33. The molecular formula is C11H13NO2. The van der Waals surface area contributed by atoms with Crippen LogP contribution in [0.3, 0.4) is 0 Å². The second-order valence-electron chi connectivity index (χ2n) is 3.69. The quantitative estimate of drug-likeness (QED) is 0.681. The largest absolute Gasteiger partial charge is 0.480 e. The maximum Gasteiger partial charge on any atom is 0.258 e. The third-order valence-corrected chi connectivity index (χ3v) is 2.50. The van der Waals surface area contributed by atoms with E-state index in [2.05, 4.69) is 13.0 Å². The van der Waals surface area contributed by atoms with E-state index >= 15 is 0 Å². The Bertz CT molecular complexity index is 363. The zero-order chi connectivity index (χ0) is 10.1. The molecule has 0 saturated carbocycles. The molecule has 74 valence electrons. The monoisotopic (exact) mass is 191 g/mol. The highest BCUT2D eigenvalue weighted by Crippen LogP contribution is 2.31. The van der Waals surface area contributed by atoms with Crippen molar-refractivity contribution in [2.75, 3.05) is 0 Å². The maximum atomic E-state index is 10.9. The lowest BCUT2D eigenvalue weighted by Gasteiger charge is -2.03. The summed E-state index contributed by atoms with van der Waals surface area (Å²) in [6.07, 6.45) is 7.10. The number of ether oxygens (including phenoxy) is 1. The van der Waals surface area contributed by atoms with Crippen molar-refractivity contribution in [3.8, 4) is 0 Å². The van der Waals surface area contributed by atoms with E-state index in [4.69, 9.17) is 10.5 Å². The Morgan fingerprint density at radius 2 is 2.36 bits per heavy atom. The molecule has 0 bridgehead atoms. The number of amides is 1. The molecule has 0 aromatic rings. The number of carbonyl (C=O) groups is 1. The van der Waals surface area contributed by atoms with Gasteiger partial charge in [0.25, 0.3) is 5.91 Å². The summed E-state index contributed by atoms with van der Waals surface area (Å²) >= 11 is 0. The fourth-order valence-electron chi connectivity index (χ4n) is 1.63. The van der Waals surface area contributed by atoms with Crippen molar-refractivity contribution in [3.63, 3.8) is 0 Å². The van der Waals surface area contributed by atoms with E-state index in [1.165, 1.54) is 5.57 Å². The Labute approximate surface area is 82.9 Å². The molecule has 1 aliphatic carbocycles. The fourth-order valence-corrected chi connectivity index (χ4v) is 1.63. The summed E-state index contributed by atoms with van der Waals surface area (Å²) in [7, 11) is 0. The average Bonchev–Trinajstić information content (AvgIpc) is 2.48. The van der Waals surface area contributed by atoms with Crippen molar-refractivity contribution in [3.05, 3.63) is 35.1 Å². The lowest BCUT2D eigenvalue weighted by molar-refractivity contribution is -0.125. The smallest absolute Gasteiger partial charge is 0.258 e. The Kier molecular flexibility index (Phi) is 2.15. The van der Waals surface area contributed by atoms with Gasteiger partial charge in [0.1, 0.15) is 5.76 Å². The van der Waals surface area contributed by atoms with Crippen LogP contribution in [0.5, 0.6) is 0 Å². The molecule has 1 amide bonds. The van der Waals surface area contributed by atoms with Gasteiger partial charge < -0.3 is 10.5 Å². The predicted molar refractivity (Wildman–Crippen MR) is 53.2 cm³/mol. The van der Waals surface area contributed by atoms with Gasteiger partial charge in [-0.1, -0.05) is 17.7 Å². The molecule has 2 rings (SSSR count). The first-order chi connectivity index (χ1) is 6.66. The first-order valence-electron chi connectivity index (χ1n) is 4.69. The third-order valence-electron chi connectivity index (χ3n) is 2.50. The molecule has 3 heteroatoms. The number of primary amides is 1. The SMILES string of the molecule is CC1=CC=C2OC(C(N)=O)CC2=CC1.